The lowest BCUT2D eigenvalue weighted by molar-refractivity contribution is 0.155. The fourth-order valence-electron chi connectivity index (χ4n) is 2.04. The summed E-state index contributed by atoms with van der Waals surface area (Å²) in [6, 6.07) is 0.695. The molecule has 12 heavy (non-hydrogen) atoms. The molecule has 1 rings (SSSR count). The Morgan fingerprint density at radius 1 is 1.25 bits per heavy atom. The molecule has 0 spiro atoms. The quantitative estimate of drug-likeness (QED) is 0.622. The SMILES string of the molecule is NCCN(CCO)C1CCCC1. The second-order valence-corrected chi connectivity index (χ2v) is 3.49. The predicted molar refractivity (Wildman–Crippen MR) is 50.0 cm³/mol. The van der Waals surface area contributed by atoms with Crippen LogP contribution in [-0.2, 0) is 0 Å². The first kappa shape index (κ1) is 9.96. The molecule has 0 aromatic heterocycles. The Balaban J connectivity index is 2.29. The highest BCUT2D eigenvalue weighted by Gasteiger charge is 2.20. The van der Waals surface area contributed by atoms with Crippen molar-refractivity contribution in [1.29, 1.82) is 0 Å². The van der Waals surface area contributed by atoms with Gasteiger partial charge in [-0.3, -0.25) is 4.90 Å². The van der Waals surface area contributed by atoms with E-state index in [1.807, 2.05) is 0 Å². The van der Waals surface area contributed by atoms with Gasteiger partial charge in [0.2, 0.25) is 0 Å². The van der Waals surface area contributed by atoms with Gasteiger partial charge in [0, 0.05) is 25.7 Å². The average Bonchev–Trinajstić information content (AvgIpc) is 2.56. The highest BCUT2D eigenvalue weighted by molar-refractivity contribution is 4.77. The van der Waals surface area contributed by atoms with E-state index in [9.17, 15) is 0 Å². The number of nitrogens with zero attached hydrogens (tertiary/aromatic N) is 1. The summed E-state index contributed by atoms with van der Waals surface area (Å²) in [5.74, 6) is 0. The van der Waals surface area contributed by atoms with Crippen LogP contribution in [0.4, 0.5) is 0 Å². The topological polar surface area (TPSA) is 49.5 Å². The zero-order valence-corrected chi connectivity index (χ0v) is 7.71. The van der Waals surface area contributed by atoms with Crippen LogP contribution in [0.1, 0.15) is 25.7 Å². The van der Waals surface area contributed by atoms with Gasteiger partial charge >= 0.3 is 0 Å². The molecule has 0 amide bonds. The van der Waals surface area contributed by atoms with E-state index < -0.39 is 0 Å². The molecule has 0 aliphatic heterocycles. The molecule has 0 heterocycles. The van der Waals surface area contributed by atoms with Gasteiger partial charge in [-0.25, -0.2) is 0 Å². The van der Waals surface area contributed by atoms with E-state index >= 15 is 0 Å². The van der Waals surface area contributed by atoms with Crippen LogP contribution in [-0.4, -0.2) is 42.3 Å². The van der Waals surface area contributed by atoms with Crippen molar-refractivity contribution in [2.75, 3.05) is 26.2 Å². The molecule has 0 bridgehead atoms. The van der Waals surface area contributed by atoms with Crippen LogP contribution in [0.5, 0.6) is 0 Å². The second kappa shape index (κ2) is 5.51. The monoisotopic (exact) mass is 172 g/mol. The normalized spacial score (nSPS) is 19.2. The van der Waals surface area contributed by atoms with E-state index in [0.717, 1.165) is 13.1 Å². The molecule has 0 saturated heterocycles. The number of aliphatic hydroxyl groups is 1. The summed E-state index contributed by atoms with van der Waals surface area (Å²) in [6.07, 6.45) is 5.27. The van der Waals surface area contributed by atoms with E-state index in [4.69, 9.17) is 10.8 Å². The van der Waals surface area contributed by atoms with Crippen LogP contribution in [0.3, 0.4) is 0 Å². The zero-order valence-electron chi connectivity index (χ0n) is 7.71. The van der Waals surface area contributed by atoms with Gasteiger partial charge in [-0.2, -0.15) is 0 Å². The lowest BCUT2D eigenvalue weighted by atomic mass is 10.2. The van der Waals surface area contributed by atoms with Gasteiger partial charge < -0.3 is 10.8 Å². The summed E-state index contributed by atoms with van der Waals surface area (Å²) in [6.45, 7) is 2.69. The summed E-state index contributed by atoms with van der Waals surface area (Å²) in [5, 5.41) is 8.84. The number of aliphatic hydroxyl groups excluding tert-OH is 1. The minimum Gasteiger partial charge on any atom is -0.395 e. The van der Waals surface area contributed by atoms with Crippen molar-refractivity contribution >= 4 is 0 Å². The molecule has 3 nitrogen and oxygen atoms in total. The molecular weight excluding hydrogens is 152 g/mol. The minimum absolute atomic E-state index is 0.260. The number of rotatable bonds is 5. The van der Waals surface area contributed by atoms with Crippen LogP contribution < -0.4 is 5.73 Å². The number of hydrogen-bond acceptors (Lipinski definition) is 3. The minimum atomic E-state index is 0.260. The number of hydrogen-bond donors (Lipinski definition) is 2. The third-order valence-corrected chi connectivity index (χ3v) is 2.64. The smallest absolute Gasteiger partial charge is 0.0558 e. The molecule has 0 aromatic rings. The van der Waals surface area contributed by atoms with Crippen LogP contribution in [0.25, 0.3) is 0 Å². The summed E-state index contributed by atoms with van der Waals surface area (Å²) in [4.78, 5) is 2.33. The highest BCUT2D eigenvalue weighted by atomic mass is 16.3. The second-order valence-electron chi connectivity index (χ2n) is 3.49. The maximum atomic E-state index is 8.84. The van der Waals surface area contributed by atoms with Crippen molar-refractivity contribution in [3.63, 3.8) is 0 Å². The standard InChI is InChI=1S/C9H20N2O/c10-5-6-11(7-8-12)9-3-1-2-4-9/h9,12H,1-8,10H2. The molecule has 1 fully saturated rings. The van der Waals surface area contributed by atoms with E-state index in [0.29, 0.717) is 12.6 Å². The summed E-state index contributed by atoms with van der Waals surface area (Å²) in [5.41, 5.74) is 5.50. The lowest BCUT2D eigenvalue weighted by Gasteiger charge is -2.27. The van der Waals surface area contributed by atoms with E-state index in [1.54, 1.807) is 0 Å². The Hall–Kier alpha value is -0.120. The fourth-order valence-corrected chi connectivity index (χ4v) is 2.04. The molecule has 1 aliphatic rings. The molecule has 72 valence electrons. The van der Waals surface area contributed by atoms with Gasteiger partial charge in [-0.05, 0) is 12.8 Å². The van der Waals surface area contributed by atoms with Gasteiger partial charge in [0.05, 0.1) is 6.61 Å². The van der Waals surface area contributed by atoms with Crippen molar-refractivity contribution in [2.24, 2.45) is 5.73 Å². The fraction of sp³-hybridized carbons (Fsp3) is 1.00. The maximum Gasteiger partial charge on any atom is 0.0558 e. The molecule has 3 heteroatoms. The molecule has 0 radical (unpaired) electrons. The number of nitrogens with two attached hydrogens (primary N) is 1. The van der Waals surface area contributed by atoms with Crippen molar-refractivity contribution in [3.05, 3.63) is 0 Å². The maximum absolute atomic E-state index is 8.84. The summed E-state index contributed by atoms with van der Waals surface area (Å²) in [7, 11) is 0. The van der Waals surface area contributed by atoms with E-state index in [1.165, 1.54) is 25.7 Å². The van der Waals surface area contributed by atoms with Crippen LogP contribution in [0, 0.1) is 0 Å². The first-order chi connectivity index (χ1) is 5.88. The van der Waals surface area contributed by atoms with Gasteiger partial charge in [0.1, 0.15) is 0 Å². The summed E-state index contributed by atoms with van der Waals surface area (Å²) >= 11 is 0. The third kappa shape index (κ3) is 2.73. The van der Waals surface area contributed by atoms with E-state index in [2.05, 4.69) is 4.90 Å². The lowest BCUT2D eigenvalue weighted by Crippen LogP contribution is -2.39. The molecule has 0 aromatic carbocycles. The van der Waals surface area contributed by atoms with Crippen molar-refractivity contribution in [3.8, 4) is 0 Å². The van der Waals surface area contributed by atoms with Crippen LogP contribution in [0.15, 0.2) is 0 Å². The van der Waals surface area contributed by atoms with Crippen molar-refractivity contribution in [1.82, 2.24) is 4.90 Å². The van der Waals surface area contributed by atoms with Gasteiger partial charge in [-0.1, -0.05) is 12.8 Å². The van der Waals surface area contributed by atoms with E-state index in [-0.39, 0.29) is 6.61 Å². The molecule has 1 aliphatic carbocycles. The molecule has 1 saturated carbocycles. The van der Waals surface area contributed by atoms with Crippen LogP contribution >= 0.6 is 0 Å². The molecular formula is C9H20N2O. The van der Waals surface area contributed by atoms with Crippen molar-refractivity contribution in [2.45, 2.75) is 31.7 Å². The predicted octanol–water partition coefficient (Wildman–Crippen LogP) is 0.182. The first-order valence-electron chi connectivity index (χ1n) is 4.93. The molecule has 3 N–H and O–H groups in total. The highest BCUT2D eigenvalue weighted by Crippen LogP contribution is 2.22. The summed E-state index contributed by atoms with van der Waals surface area (Å²) < 4.78 is 0. The zero-order chi connectivity index (χ0) is 8.81. The average molecular weight is 172 g/mol. The molecule has 0 atom stereocenters. The Morgan fingerprint density at radius 2 is 1.92 bits per heavy atom. The Morgan fingerprint density at radius 3 is 2.42 bits per heavy atom. The van der Waals surface area contributed by atoms with Gasteiger partial charge in [0.25, 0.3) is 0 Å². The largest absolute Gasteiger partial charge is 0.395 e. The third-order valence-electron chi connectivity index (χ3n) is 2.64. The Kier molecular flexibility index (Phi) is 4.58. The first-order valence-corrected chi connectivity index (χ1v) is 4.93. The Bertz CT molecular complexity index is 107. The van der Waals surface area contributed by atoms with Gasteiger partial charge in [-0.15, -0.1) is 0 Å². The van der Waals surface area contributed by atoms with Crippen molar-refractivity contribution < 1.29 is 5.11 Å². The van der Waals surface area contributed by atoms with Crippen LogP contribution in [0.2, 0.25) is 0 Å². The van der Waals surface area contributed by atoms with Gasteiger partial charge in [0.15, 0.2) is 0 Å². The Labute approximate surface area is 74.5 Å². The molecule has 0 unspecified atom stereocenters.